The zero-order valence-electron chi connectivity index (χ0n) is 21.2. The third-order valence-corrected chi connectivity index (χ3v) is 8.49. The van der Waals surface area contributed by atoms with Crippen LogP contribution in [0.3, 0.4) is 0 Å². The Hall–Kier alpha value is -1.64. The van der Waals surface area contributed by atoms with E-state index in [4.69, 9.17) is 0 Å². The van der Waals surface area contributed by atoms with Crippen molar-refractivity contribution in [2.75, 3.05) is 5.75 Å². The van der Waals surface area contributed by atoms with Gasteiger partial charge in [-0.2, -0.15) is 0 Å². The number of aryl methyl sites for hydroxylation is 1. The molecule has 0 aromatic heterocycles. The normalized spacial score (nSPS) is 11.1. The molecule has 3 aromatic rings. The van der Waals surface area contributed by atoms with Crippen LogP contribution in [0.4, 0.5) is 0 Å². The van der Waals surface area contributed by atoms with Crippen LogP contribution >= 0.6 is 23.5 Å². The lowest BCUT2D eigenvalue weighted by Gasteiger charge is -2.07. The molecule has 0 fully saturated rings. The largest absolute Gasteiger partial charge is 0.126 e. The van der Waals surface area contributed by atoms with Crippen molar-refractivity contribution in [3.8, 4) is 11.1 Å². The third-order valence-electron chi connectivity index (χ3n) is 6.31. The minimum absolute atomic E-state index is 1.03. The lowest BCUT2D eigenvalue weighted by molar-refractivity contribution is 0.607. The number of thioether (sulfide) groups is 2. The molecular formula is C32H42S2. The molecule has 0 N–H and O–H groups in total. The van der Waals surface area contributed by atoms with Gasteiger partial charge < -0.3 is 0 Å². The molecule has 0 saturated carbocycles. The molecule has 0 unspecified atom stereocenters. The zero-order valence-corrected chi connectivity index (χ0v) is 22.9. The van der Waals surface area contributed by atoms with E-state index in [1.54, 1.807) is 0 Å². The molecule has 0 amide bonds. The Morgan fingerprint density at radius 2 is 0.971 bits per heavy atom. The minimum atomic E-state index is 1.03. The van der Waals surface area contributed by atoms with E-state index in [0.717, 1.165) is 5.75 Å². The van der Waals surface area contributed by atoms with Crippen LogP contribution < -0.4 is 0 Å². The highest BCUT2D eigenvalue weighted by atomic mass is 32.2. The van der Waals surface area contributed by atoms with Crippen molar-refractivity contribution in [3.05, 3.63) is 83.9 Å². The summed E-state index contributed by atoms with van der Waals surface area (Å²) in [7, 11) is 0. The van der Waals surface area contributed by atoms with Crippen molar-refractivity contribution in [2.24, 2.45) is 0 Å². The van der Waals surface area contributed by atoms with Crippen molar-refractivity contribution >= 4 is 23.5 Å². The highest BCUT2D eigenvalue weighted by molar-refractivity contribution is 7.99. The van der Waals surface area contributed by atoms with Gasteiger partial charge in [0, 0.05) is 15.5 Å². The van der Waals surface area contributed by atoms with E-state index in [9.17, 15) is 0 Å². The molecule has 0 heterocycles. The van der Waals surface area contributed by atoms with E-state index in [2.05, 4.69) is 86.6 Å². The van der Waals surface area contributed by atoms with Gasteiger partial charge in [-0.05, 0) is 71.5 Å². The minimum Gasteiger partial charge on any atom is -0.126 e. The Bertz CT molecular complexity index is 911. The maximum absolute atomic E-state index is 2.33. The fourth-order valence-electron chi connectivity index (χ4n) is 4.11. The average molecular weight is 491 g/mol. The number of hydrogen-bond acceptors (Lipinski definition) is 2. The zero-order chi connectivity index (χ0) is 23.8. The van der Waals surface area contributed by atoms with E-state index < -0.39 is 0 Å². The first kappa shape index (κ1) is 27.0. The van der Waals surface area contributed by atoms with Crippen molar-refractivity contribution in [2.45, 2.75) is 93.6 Å². The Morgan fingerprint density at radius 3 is 1.59 bits per heavy atom. The fraction of sp³-hybridized carbons (Fsp3) is 0.438. The van der Waals surface area contributed by atoms with E-state index in [1.807, 2.05) is 23.5 Å². The molecule has 0 aliphatic heterocycles. The first-order chi connectivity index (χ1) is 16.8. The predicted molar refractivity (Wildman–Crippen MR) is 155 cm³/mol. The summed E-state index contributed by atoms with van der Waals surface area (Å²) in [6, 6.07) is 27.4. The molecule has 2 heteroatoms. The maximum Gasteiger partial charge on any atom is 0.0231 e. The predicted octanol–water partition coefficient (Wildman–Crippen LogP) is 10.8. The molecule has 3 aromatic carbocycles. The Labute approximate surface area is 217 Å². The topological polar surface area (TPSA) is 0 Å². The first-order valence-corrected chi connectivity index (χ1v) is 15.3. The van der Waals surface area contributed by atoms with Crippen molar-refractivity contribution in [1.29, 1.82) is 0 Å². The number of benzene rings is 3. The molecule has 0 spiro atoms. The standard InChI is InChI=1S/C32H42S2/c1-3-5-7-8-9-10-12-27-13-15-28(16-14-27)26-34-32-23-19-30(20-24-32)29-17-21-31(22-18-29)33-25-11-6-4-2/h13-24H,3-12,25-26H2,1-2H3. The van der Waals surface area contributed by atoms with E-state index in [-0.39, 0.29) is 0 Å². The quantitative estimate of drug-likeness (QED) is 0.145. The molecule has 0 nitrogen and oxygen atoms in total. The Kier molecular flexibility index (Phi) is 12.8. The van der Waals surface area contributed by atoms with Gasteiger partial charge in [-0.3, -0.25) is 0 Å². The monoisotopic (exact) mass is 490 g/mol. The summed E-state index contributed by atoms with van der Waals surface area (Å²) < 4.78 is 0. The SMILES string of the molecule is CCCCCCCCc1ccc(CSc2ccc(-c3ccc(SCCCCC)cc3)cc2)cc1. The van der Waals surface area contributed by atoms with Gasteiger partial charge in [-0.25, -0.2) is 0 Å². The van der Waals surface area contributed by atoms with Gasteiger partial charge in [0.1, 0.15) is 0 Å². The molecule has 0 aliphatic rings. The Morgan fingerprint density at radius 1 is 0.471 bits per heavy atom. The Balaban J connectivity index is 1.40. The van der Waals surface area contributed by atoms with Gasteiger partial charge >= 0.3 is 0 Å². The second kappa shape index (κ2) is 16.1. The summed E-state index contributed by atoms with van der Waals surface area (Å²) in [5.41, 5.74) is 5.49. The lowest BCUT2D eigenvalue weighted by Crippen LogP contribution is -1.88. The molecule has 182 valence electrons. The highest BCUT2D eigenvalue weighted by Crippen LogP contribution is 2.28. The van der Waals surface area contributed by atoms with Crippen LogP contribution in [0, 0.1) is 0 Å². The summed E-state index contributed by atoms with van der Waals surface area (Å²) in [4.78, 5) is 2.72. The molecule has 0 bridgehead atoms. The van der Waals surface area contributed by atoms with Gasteiger partial charge in [0.2, 0.25) is 0 Å². The van der Waals surface area contributed by atoms with Gasteiger partial charge in [-0.1, -0.05) is 107 Å². The molecule has 0 saturated heterocycles. The van der Waals surface area contributed by atoms with Crippen LogP contribution in [0.2, 0.25) is 0 Å². The van der Waals surface area contributed by atoms with Gasteiger partial charge in [0.15, 0.2) is 0 Å². The van der Waals surface area contributed by atoms with Crippen LogP contribution in [0.5, 0.6) is 0 Å². The molecular weight excluding hydrogens is 448 g/mol. The second-order valence-electron chi connectivity index (χ2n) is 9.23. The molecule has 0 radical (unpaired) electrons. The van der Waals surface area contributed by atoms with Crippen molar-refractivity contribution in [1.82, 2.24) is 0 Å². The highest BCUT2D eigenvalue weighted by Gasteiger charge is 2.02. The second-order valence-corrected chi connectivity index (χ2v) is 11.4. The molecule has 0 aliphatic carbocycles. The van der Waals surface area contributed by atoms with E-state index in [0.29, 0.717) is 0 Å². The fourth-order valence-corrected chi connectivity index (χ4v) is 5.87. The summed E-state index contributed by atoms with van der Waals surface area (Å²) >= 11 is 3.90. The van der Waals surface area contributed by atoms with Crippen LogP contribution in [-0.4, -0.2) is 5.75 Å². The molecule has 3 rings (SSSR count). The van der Waals surface area contributed by atoms with E-state index in [1.165, 1.54) is 102 Å². The van der Waals surface area contributed by atoms with Gasteiger partial charge in [0.05, 0.1) is 0 Å². The number of rotatable bonds is 16. The summed E-state index contributed by atoms with van der Waals surface area (Å²) in [6.07, 6.45) is 13.4. The maximum atomic E-state index is 2.33. The summed E-state index contributed by atoms with van der Waals surface area (Å²) in [5.74, 6) is 2.25. The van der Waals surface area contributed by atoms with Crippen molar-refractivity contribution < 1.29 is 0 Å². The van der Waals surface area contributed by atoms with E-state index >= 15 is 0 Å². The number of unbranched alkanes of at least 4 members (excludes halogenated alkanes) is 7. The van der Waals surface area contributed by atoms with Gasteiger partial charge in [-0.15, -0.1) is 23.5 Å². The van der Waals surface area contributed by atoms with Crippen LogP contribution in [0.25, 0.3) is 11.1 Å². The molecule has 34 heavy (non-hydrogen) atoms. The smallest absolute Gasteiger partial charge is 0.0231 e. The number of hydrogen-bond donors (Lipinski definition) is 0. The average Bonchev–Trinajstić information content (AvgIpc) is 2.89. The lowest BCUT2D eigenvalue weighted by atomic mass is 10.0. The van der Waals surface area contributed by atoms with Crippen LogP contribution in [0.1, 0.15) is 82.8 Å². The van der Waals surface area contributed by atoms with Crippen LogP contribution in [0.15, 0.2) is 82.6 Å². The third kappa shape index (κ3) is 9.92. The molecule has 0 atom stereocenters. The summed E-state index contributed by atoms with van der Waals surface area (Å²) in [6.45, 7) is 4.54. The first-order valence-electron chi connectivity index (χ1n) is 13.3. The van der Waals surface area contributed by atoms with Crippen LogP contribution in [-0.2, 0) is 12.2 Å². The van der Waals surface area contributed by atoms with Crippen molar-refractivity contribution in [3.63, 3.8) is 0 Å². The van der Waals surface area contributed by atoms with Gasteiger partial charge in [0.25, 0.3) is 0 Å². The summed E-state index contributed by atoms with van der Waals surface area (Å²) in [5, 5.41) is 0.